The third-order valence-corrected chi connectivity index (χ3v) is 5.43. The molecule has 2 amide bonds. The van der Waals surface area contributed by atoms with Crippen molar-refractivity contribution < 1.29 is 9.59 Å². The van der Waals surface area contributed by atoms with Gasteiger partial charge in [-0.25, -0.2) is 0 Å². The van der Waals surface area contributed by atoms with Crippen LogP contribution >= 0.6 is 0 Å². The average Bonchev–Trinajstić information content (AvgIpc) is 3.13. The molecular weight excluding hydrogens is 358 g/mol. The molecule has 0 radical (unpaired) electrons. The maximum Gasteiger partial charge on any atom is 0.313 e. The molecule has 1 aliphatic carbocycles. The zero-order chi connectivity index (χ0) is 20.1. The molecule has 2 aromatic rings. The van der Waals surface area contributed by atoms with Crippen molar-refractivity contribution >= 4 is 17.5 Å². The normalized spacial score (nSPS) is 16.0. The molecule has 1 heterocycles. The zero-order valence-corrected chi connectivity index (χ0v) is 16.6. The molecule has 0 unspecified atom stereocenters. The van der Waals surface area contributed by atoms with E-state index in [0.717, 1.165) is 31.2 Å². The fourth-order valence-corrected chi connectivity index (χ4v) is 3.61. The van der Waals surface area contributed by atoms with Gasteiger partial charge in [0.05, 0.1) is 7.05 Å². The summed E-state index contributed by atoms with van der Waals surface area (Å²) in [5.74, 6) is -0.791. The molecule has 2 N–H and O–H groups in total. The van der Waals surface area contributed by atoms with Crippen LogP contribution in [-0.4, -0.2) is 63.1 Å². The van der Waals surface area contributed by atoms with E-state index in [1.54, 1.807) is 31.3 Å². The van der Waals surface area contributed by atoms with Crippen molar-refractivity contribution in [1.82, 2.24) is 30.4 Å². The van der Waals surface area contributed by atoms with E-state index < -0.39 is 11.8 Å². The Morgan fingerprint density at radius 2 is 1.79 bits per heavy atom. The summed E-state index contributed by atoms with van der Waals surface area (Å²) in [4.78, 5) is 28.1. The van der Waals surface area contributed by atoms with Gasteiger partial charge in [0, 0.05) is 23.3 Å². The molecular formula is C19H27N7O2. The highest BCUT2D eigenvalue weighted by Crippen LogP contribution is 2.31. The van der Waals surface area contributed by atoms with Crippen LogP contribution in [0.5, 0.6) is 0 Å². The summed E-state index contributed by atoms with van der Waals surface area (Å²) >= 11 is 0. The molecule has 1 aromatic carbocycles. The van der Waals surface area contributed by atoms with Gasteiger partial charge < -0.3 is 15.5 Å². The molecule has 0 spiro atoms. The summed E-state index contributed by atoms with van der Waals surface area (Å²) in [5, 5.41) is 17.3. The molecule has 0 bridgehead atoms. The van der Waals surface area contributed by atoms with Gasteiger partial charge in [-0.3, -0.25) is 9.59 Å². The maximum absolute atomic E-state index is 12.3. The number of nitrogens with one attached hydrogen (secondary N) is 2. The number of anilines is 1. The Balaban J connectivity index is 1.56. The second-order valence-electron chi connectivity index (χ2n) is 7.50. The van der Waals surface area contributed by atoms with Gasteiger partial charge in [0.25, 0.3) is 0 Å². The number of aromatic nitrogens is 4. The van der Waals surface area contributed by atoms with Gasteiger partial charge in [0.1, 0.15) is 0 Å². The molecule has 1 aliphatic rings. The van der Waals surface area contributed by atoms with Gasteiger partial charge in [0.2, 0.25) is 5.82 Å². The minimum atomic E-state index is -0.671. The van der Waals surface area contributed by atoms with Crippen molar-refractivity contribution in [2.45, 2.75) is 37.6 Å². The van der Waals surface area contributed by atoms with Crippen LogP contribution in [0.25, 0.3) is 11.4 Å². The SMILES string of the molecule is CN(C)C1(CNC(=O)C(=O)Nc2ccc(-c3nnn(C)n3)cc2)CCCCC1. The lowest BCUT2D eigenvalue weighted by Gasteiger charge is -2.43. The van der Waals surface area contributed by atoms with Gasteiger partial charge in [0.15, 0.2) is 0 Å². The highest BCUT2D eigenvalue weighted by atomic mass is 16.2. The minimum Gasteiger partial charge on any atom is -0.346 e. The number of nitrogens with zero attached hydrogens (tertiary/aromatic N) is 5. The van der Waals surface area contributed by atoms with Crippen LogP contribution < -0.4 is 10.6 Å². The predicted octanol–water partition coefficient (Wildman–Crippen LogP) is 1.20. The topological polar surface area (TPSA) is 105 Å². The van der Waals surface area contributed by atoms with Gasteiger partial charge in [-0.2, -0.15) is 4.80 Å². The fraction of sp³-hybridized carbons (Fsp3) is 0.526. The summed E-state index contributed by atoms with van der Waals surface area (Å²) in [7, 11) is 5.76. The van der Waals surface area contributed by atoms with Crippen LogP contribution in [0.15, 0.2) is 24.3 Å². The maximum atomic E-state index is 12.3. The molecule has 0 aliphatic heterocycles. The van der Waals surface area contributed by atoms with Crippen molar-refractivity contribution in [3.05, 3.63) is 24.3 Å². The van der Waals surface area contributed by atoms with Crippen LogP contribution in [0.2, 0.25) is 0 Å². The second kappa shape index (κ2) is 8.47. The minimum absolute atomic E-state index is 0.0699. The Kier molecular flexibility index (Phi) is 6.03. The number of rotatable bonds is 5. The number of tetrazole rings is 1. The molecule has 0 atom stereocenters. The molecule has 1 fully saturated rings. The smallest absolute Gasteiger partial charge is 0.313 e. The lowest BCUT2D eigenvalue weighted by molar-refractivity contribution is -0.136. The molecule has 9 heteroatoms. The molecule has 9 nitrogen and oxygen atoms in total. The third kappa shape index (κ3) is 4.53. The van der Waals surface area contributed by atoms with Gasteiger partial charge >= 0.3 is 11.8 Å². The van der Waals surface area contributed by atoms with Crippen molar-refractivity contribution in [1.29, 1.82) is 0 Å². The number of likely N-dealkylation sites (N-methyl/N-ethyl adjacent to an activating group) is 1. The molecule has 28 heavy (non-hydrogen) atoms. The molecule has 1 aromatic heterocycles. The number of hydrogen-bond donors (Lipinski definition) is 2. The summed E-state index contributed by atoms with van der Waals surface area (Å²) in [6.07, 6.45) is 5.57. The van der Waals surface area contributed by atoms with Crippen LogP contribution in [0.3, 0.4) is 0 Å². The van der Waals surface area contributed by atoms with E-state index in [4.69, 9.17) is 0 Å². The average molecular weight is 385 g/mol. The summed E-state index contributed by atoms with van der Waals surface area (Å²) in [6, 6.07) is 6.96. The van der Waals surface area contributed by atoms with Gasteiger partial charge in [-0.05, 0) is 56.4 Å². The van der Waals surface area contributed by atoms with E-state index in [9.17, 15) is 9.59 Å². The Hall–Kier alpha value is -2.81. The Labute approximate surface area is 164 Å². The molecule has 150 valence electrons. The first-order chi connectivity index (χ1) is 13.4. The van der Waals surface area contributed by atoms with Gasteiger partial charge in [-0.15, -0.1) is 10.2 Å². The number of aryl methyl sites for hydroxylation is 1. The quantitative estimate of drug-likeness (QED) is 0.749. The standard InChI is InChI=1S/C19H27N7O2/c1-25(2)19(11-5-4-6-12-19)13-20-17(27)18(28)21-15-9-7-14(8-10-15)16-22-24-26(3)23-16/h7-10H,4-6,11-13H2,1-3H3,(H,20,27)(H,21,28). The Morgan fingerprint density at radius 3 is 2.36 bits per heavy atom. The number of amides is 2. The van der Waals surface area contributed by atoms with E-state index in [1.165, 1.54) is 11.2 Å². The van der Waals surface area contributed by atoms with Gasteiger partial charge in [-0.1, -0.05) is 19.3 Å². The van der Waals surface area contributed by atoms with E-state index >= 15 is 0 Å². The van der Waals surface area contributed by atoms with E-state index in [2.05, 4.69) is 30.9 Å². The fourth-order valence-electron chi connectivity index (χ4n) is 3.61. The first kappa shape index (κ1) is 19.9. The highest BCUT2D eigenvalue weighted by molar-refractivity contribution is 6.39. The van der Waals surface area contributed by atoms with Crippen LogP contribution in [0.1, 0.15) is 32.1 Å². The lowest BCUT2D eigenvalue weighted by atomic mass is 9.80. The number of carbonyl (C=O) groups excluding carboxylic acids is 2. The molecule has 1 saturated carbocycles. The first-order valence-corrected chi connectivity index (χ1v) is 9.51. The van der Waals surface area contributed by atoms with E-state index in [0.29, 0.717) is 18.1 Å². The summed E-state index contributed by atoms with van der Waals surface area (Å²) < 4.78 is 0. The van der Waals surface area contributed by atoms with Crippen LogP contribution in [0.4, 0.5) is 5.69 Å². The summed E-state index contributed by atoms with van der Waals surface area (Å²) in [5.41, 5.74) is 1.24. The summed E-state index contributed by atoms with van der Waals surface area (Å²) in [6.45, 7) is 0.476. The molecule has 0 saturated heterocycles. The highest BCUT2D eigenvalue weighted by Gasteiger charge is 2.34. The van der Waals surface area contributed by atoms with Crippen molar-refractivity contribution in [3.8, 4) is 11.4 Å². The first-order valence-electron chi connectivity index (χ1n) is 9.51. The predicted molar refractivity (Wildman–Crippen MR) is 105 cm³/mol. The Bertz CT molecular complexity index is 823. The van der Waals surface area contributed by atoms with Crippen molar-refractivity contribution in [3.63, 3.8) is 0 Å². The van der Waals surface area contributed by atoms with E-state index in [1.807, 2.05) is 14.1 Å². The van der Waals surface area contributed by atoms with Crippen molar-refractivity contribution in [2.24, 2.45) is 7.05 Å². The van der Waals surface area contributed by atoms with Crippen LogP contribution in [0, 0.1) is 0 Å². The van der Waals surface area contributed by atoms with Crippen LogP contribution in [-0.2, 0) is 16.6 Å². The Morgan fingerprint density at radius 1 is 1.11 bits per heavy atom. The lowest BCUT2D eigenvalue weighted by Crippen LogP contribution is -2.55. The van der Waals surface area contributed by atoms with E-state index in [-0.39, 0.29) is 5.54 Å². The zero-order valence-electron chi connectivity index (χ0n) is 16.6. The largest absolute Gasteiger partial charge is 0.346 e. The molecule has 3 rings (SSSR count). The second-order valence-corrected chi connectivity index (χ2v) is 7.50. The number of benzene rings is 1. The monoisotopic (exact) mass is 385 g/mol. The third-order valence-electron chi connectivity index (χ3n) is 5.43. The number of hydrogen-bond acceptors (Lipinski definition) is 6. The van der Waals surface area contributed by atoms with Crippen molar-refractivity contribution in [2.75, 3.05) is 26.0 Å². The number of carbonyl (C=O) groups is 2.